The second kappa shape index (κ2) is 8.30. The predicted octanol–water partition coefficient (Wildman–Crippen LogP) is 2.59. The van der Waals surface area contributed by atoms with E-state index >= 15 is 0 Å². The van der Waals surface area contributed by atoms with Gasteiger partial charge in [0.2, 0.25) is 0 Å². The molecule has 1 aliphatic rings. The number of hydrogen-bond donors (Lipinski definition) is 1. The van der Waals surface area contributed by atoms with Gasteiger partial charge < -0.3 is 14.4 Å². The molecule has 1 atom stereocenters. The number of nitrogens with one attached hydrogen (secondary N) is 1. The van der Waals surface area contributed by atoms with E-state index in [0.29, 0.717) is 41.9 Å². The molecule has 8 heteroatoms. The summed E-state index contributed by atoms with van der Waals surface area (Å²) in [7, 11) is 3.15. The maximum absolute atomic E-state index is 13.0. The molecule has 0 saturated carbocycles. The first-order chi connectivity index (χ1) is 14.2. The molecule has 1 N–H and O–H groups in total. The molecule has 1 unspecified atom stereocenters. The zero-order valence-corrected chi connectivity index (χ0v) is 16.5. The van der Waals surface area contributed by atoms with Crippen LogP contribution in [0.5, 0.6) is 11.5 Å². The van der Waals surface area contributed by atoms with Crippen molar-refractivity contribution in [1.29, 1.82) is 0 Å². The minimum Gasteiger partial charge on any atom is -0.497 e. The number of likely N-dealkylation sites (tertiary alicyclic amines) is 1. The van der Waals surface area contributed by atoms with Gasteiger partial charge in [-0.05, 0) is 36.6 Å². The average Bonchev–Trinajstić information content (AvgIpc) is 3.43. The Hall–Kier alpha value is -3.42. The minimum atomic E-state index is -0.0272. The Morgan fingerprint density at radius 2 is 2.17 bits per heavy atom. The van der Waals surface area contributed by atoms with Crippen molar-refractivity contribution in [3.8, 4) is 22.9 Å². The van der Waals surface area contributed by atoms with Crippen LogP contribution in [-0.4, -0.2) is 58.3 Å². The van der Waals surface area contributed by atoms with Gasteiger partial charge in [0.05, 0.1) is 19.8 Å². The molecule has 29 heavy (non-hydrogen) atoms. The summed E-state index contributed by atoms with van der Waals surface area (Å²) in [6, 6.07) is 9.05. The van der Waals surface area contributed by atoms with Gasteiger partial charge in [0.15, 0.2) is 5.82 Å². The van der Waals surface area contributed by atoms with Crippen molar-refractivity contribution < 1.29 is 14.3 Å². The summed E-state index contributed by atoms with van der Waals surface area (Å²) < 4.78 is 10.6. The van der Waals surface area contributed by atoms with E-state index < -0.39 is 0 Å². The first-order valence-electron chi connectivity index (χ1n) is 9.51. The number of methoxy groups -OCH3 is 2. The molecule has 4 rings (SSSR count). The van der Waals surface area contributed by atoms with Crippen molar-refractivity contribution in [3.63, 3.8) is 0 Å². The molecule has 8 nitrogen and oxygen atoms in total. The number of nitrogens with zero attached hydrogens (tertiary/aromatic N) is 4. The maximum atomic E-state index is 13.0. The molecule has 0 aliphatic carbocycles. The molecule has 1 amide bonds. The molecular formula is C21H23N5O3. The van der Waals surface area contributed by atoms with Gasteiger partial charge in [-0.15, -0.1) is 0 Å². The Morgan fingerprint density at radius 1 is 1.28 bits per heavy atom. The number of pyridine rings is 1. The number of rotatable bonds is 6. The second-order valence-electron chi connectivity index (χ2n) is 7.02. The normalized spacial score (nSPS) is 16.1. The Morgan fingerprint density at radius 3 is 2.93 bits per heavy atom. The molecule has 1 aliphatic heterocycles. The largest absolute Gasteiger partial charge is 0.497 e. The topological polar surface area (TPSA) is 93.2 Å². The lowest BCUT2D eigenvalue weighted by atomic mass is 10.0. The number of aromatic amines is 1. The lowest BCUT2D eigenvalue weighted by Crippen LogP contribution is -2.29. The van der Waals surface area contributed by atoms with Crippen molar-refractivity contribution in [3.05, 3.63) is 54.1 Å². The van der Waals surface area contributed by atoms with E-state index in [1.807, 2.05) is 17.0 Å². The molecule has 3 heterocycles. The van der Waals surface area contributed by atoms with E-state index in [4.69, 9.17) is 9.47 Å². The summed E-state index contributed by atoms with van der Waals surface area (Å²) in [6.07, 6.45) is 5.13. The lowest BCUT2D eigenvalue weighted by molar-refractivity contribution is 0.0783. The first kappa shape index (κ1) is 18.9. The first-order valence-corrected chi connectivity index (χ1v) is 9.51. The van der Waals surface area contributed by atoms with Gasteiger partial charge in [-0.1, -0.05) is 0 Å². The molecule has 1 saturated heterocycles. The highest BCUT2D eigenvalue weighted by Gasteiger charge is 2.29. The van der Waals surface area contributed by atoms with Crippen LogP contribution in [0.1, 0.15) is 22.6 Å². The number of carbonyl (C=O) groups is 1. The van der Waals surface area contributed by atoms with Crippen LogP contribution >= 0.6 is 0 Å². The molecule has 0 spiro atoms. The SMILES string of the molecule is COc1ccc(C(=O)N2CCC(Cc3nc(-c4cccnc4)n[nH]3)C2)c(OC)c1. The fourth-order valence-electron chi connectivity index (χ4n) is 3.61. The zero-order valence-electron chi connectivity index (χ0n) is 16.5. The van der Waals surface area contributed by atoms with Crippen LogP contribution in [-0.2, 0) is 6.42 Å². The number of aromatic nitrogens is 4. The van der Waals surface area contributed by atoms with Crippen molar-refractivity contribution in [2.45, 2.75) is 12.8 Å². The summed E-state index contributed by atoms with van der Waals surface area (Å²) in [4.78, 5) is 23.5. The van der Waals surface area contributed by atoms with Crippen molar-refractivity contribution in [2.24, 2.45) is 5.92 Å². The number of carbonyl (C=O) groups excluding carboxylic acids is 1. The van der Waals surface area contributed by atoms with E-state index in [1.165, 1.54) is 0 Å². The predicted molar refractivity (Wildman–Crippen MR) is 107 cm³/mol. The Balaban J connectivity index is 1.41. The van der Waals surface area contributed by atoms with E-state index in [0.717, 1.165) is 24.2 Å². The van der Waals surface area contributed by atoms with Crippen LogP contribution in [0.2, 0.25) is 0 Å². The monoisotopic (exact) mass is 393 g/mol. The van der Waals surface area contributed by atoms with Gasteiger partial charge in [0.1, 0.15) is 17.3 Å². The third-order valence-corrected chi connectivity index (χ3v) is 5.15. The third-order valence-electron chi connectivity index (χ3n) is 5.15. The van der Waals surface area contributed by atoms with E-state index in [1.54, 1.807) is 44.8 Å². The number of ether oxygens (including phenoxy) is 2. The summed E-state index contributed by atoms with van der Waals surface area (Å²) in [6.45, 7) is 1.39. The van der Waals surface area contributed by atoms with Gasteiger partial charge in [0.25, 0.3) is 5.91 Å². The highest BCUT2D eigenvalue weighted by molar-refractivity contribution is 5.97. The second-order valence-corrected chi connectivity index (χ2v) is 7.02. The van der Waals surface area contributed by atoms with Gasteiger partial charge in [-0.2, -0.15) is 5.10 Å². The molecule has 1 fully saturated rings. The van der Waals surface area contributed by atoms with Crippen LogP contribution < -0.4 is 9.47 Å². The minimum absolute atomic E-state index is 0.0272. The molecular weight excluding hydrogens is 370 g/mol. The van der Waals surface area contributed by atoms with Crippen molar-refractivity contribution in [1.82, 2.24) is 25.1 Å². The van der Waals surface area contributed by atoms with Crippen molar-refractivity contribution in [2.75, 3.05) is 27.3 Å². The van der Waals surface area contributed by atoms with Gasteiger partial charge in [0, 0.05) is 43.5 Å². The fourth-order valence-corrected chi connectivity index (χ4v) is 3.61. The Bertz CT molecular complexity index is 989. The van der Waals surface area contributed by atoms with Gasteiger partial charge in [-0.3, -0.25) is 14.9 Å². The molecule has 1 aromatic carbocycles. The summed E-state index contributed by atoms with van der Waals surface area (Å²) in [5.41, 5.74) is 1.43. The summed E-state index contributed by atoms with van der Waals surface area (Å²) >= 11 is 0. The van der Waals surface area contributed by atoms with Gasteiger partial charge in [-0.25, -0.2) is 4.98 Å². The van der Waals surface area contributed by atoms with E-state index in [9.17, 15) is 4.79 Å². The van der Waals surface area contributed by atoms with Crippen LogP contribution in [0.3, 0.4) is 0 Å². The molecule has 150 valence electrons. The average molecular weight is 393 g/mol. The standard InChI is InChI=1S/C21H23N5O3/c1-28-16-5-6-17(18(11-16)29-2)21(27)26-9-7-14(13-26)10-19-23-20(25-24-19)15-4-3-8-22-12-15/h3-6,8,11-12,14H,7,9-10,13H2,1-2H3,(H,23,24,25). The number of amides is 1. The smallest absolute Gasteiger partial charge is 0.257 e. The fraction of sp³-hybridized carbons (Fsp3) is 0.333. The van der Waals surface area contributed by atoms with E-state index in [2.05, 4.69) is 20.2 Å². The van der Waals surface area contributed by atoms with Crippen LogP contribution in [0, 0.1) is 5.92 Å². The molecule has 0 bridgehead atoms. The highest BCUT2D eigenvalue weighted by Crippen LogP contribution is 2.28. The quantitative estimate of drug-likeness (QED) is 0.692. The highest BCUT2D eigenvalue weighted by atomic mass is 16.5. The van der Waals surface area contributed by atoms with Crippen LogP contribution in [0.15, 0.2) is 42.7 Å². The summed E-state index contributed by atoms with van der Waals surface area (Å²) in [5.74, 6) is 2.95. The molecule has 3 aromatic rings. The Kier molecular flexibility index (Phi) is 5.41. The maximum Gasteiger partial charge on any atom is 0.257 e. The molecule has 0 radical (unpaired) electrons. The Labute approximate surface area is 168 Å². The lowest BCUT2D eigenvalue weighted by Gasteiger charge is -2.18. The zero-order chi connectivity index (χ0) is 20.2. The van der Waals surface area contributed by atoms with E-state index in [-0.39, 0.29) is 5.91 Å². The summed E-state index contributed by atoms with van der Waals surface area (Å²) in [5, 5.41) is 7.30. The van der Waals surface area contributed by atoms with Crippen LogP contribution in [0.4, 0.5) is 0 Å². The number of H-pyrrole nitrogens is 1. The van der Waals surface area contributed by atoms with Crippen LogP contribution in [0.25, 0.3) is 11.4 Å². The number of benzene rings is 1. The van der Waals surface area contributed by atoms with Crippen molar-refractivity contribution >= 4 is 5.91 Å². The third kappa shape index (κ3) is 4.06. The molecule has 2 aromatic heterocycles. The van der Waals surface area contributed by atoms with Gasteiger partial charge >= 0.3 is 0 Å². The number of hydrogen-bond acceptors (Lipinski definition) is 6.